The Morgan fingerprint density at radius 3 is 1.42 bits per heavy atom. The molecule has 0 aliphatic heterocycles. The van der Waals surface area contributed by atoms with Crippen LogP contribution in [0, 0.1) is 5.82 Å². The van der Waals surface area contributed by atoms with Gasteiger partial charge in [0.2, 0.25) is 0 Å². The van der Waals surface area contributed by atoms with Gasteiger partial charge in [0.05, 0.1) is 33.3 Å². The molecule has 0 amide bonds. The molecule has 11 rings (SSSR count). The van der Waals surface area contributed by atoms with Crippen molar-refractivity contribution in [2.24, 2.45) is 0 Å². The van der Waals surface area contributed by atoms with Crippen LogP contribution in [0.4, 0.5) is 4.39 Å². The quantitative estimate of drug-likeness (QED) is 0.179. The number of nitrogens with zero attached hydrogens (tertiary/aromatic N) is 4. The molecule has 0 N–H and O–H groups in total. The van der Waals surface area contributed by atoms with Crippen LogP contribution >= 0.6 is 0 Å². The molecule has 11 aromatic rings. The Hall–Kier alpha value is -7.37. The topological polar surface area (TPSA) is 35.6 Å². The van der Waals surface area contributed by atoms with E-state index in [2.05, 4.69) is 143 Å². The average Bonchev–Trinajstić information content (AvgIpc) is 3.76. The molecular formula is C50H31FN4. The maximum Gasteiger partial charge on any atom is 0.160 e. The summed E-state index contributed by atoms with van der Waals surface area (Å²) in [7, 11) is 0. The Balaban J connectivity index is 1.01. The zero-order chi connectivity index (χ0) is 36.5. The van der Waals surface area contributed by atoms with Crippen molar-refractivity contribution in [3.63, 3.8) is 0 Å². The first-order chi connectivity index (χ1) is 27.2. The third-order valence-corrected chi connectivity index (χ3v) is 10.8. The summed E-state index contributed by atoms with van der Waals surface area (Å²) >= 11 is 0. The van der Waals surface area contributed by atoms with Gasteiger partial charge in [-0.1, -0.05) is 97.1 Å². The summed E-state index contributed by atoms with van der Waals surface area (Å²) in [6, 6.07) is 64.3. The van der Waals surface area contributed by atoms with E-state index in [0.29, 0.717) is 5.82 Å². The minimum Gasteiger partial charge on any atom is -0.309 e. The zero-order valence-electron chi connectivity index (χ0n) is 29.6. The van der Waals surface area contributed by atoms with Crippen molar-refractivity contribution in [2.75, 3.05) is 0 Å². The van der Waals surface area contributed by atoms with E-state index in [1.807, 2.05) is 42.5 Å². The Morgan fingerprint density at radius 1 is 0.345 bits per heavy atom. The highest BCUT2D eigenvalue weighted by molar-refractivity contribution is 6.12. The molecule has 0 atom stereocenters. The standard InChI is InChI=1S/C50H31FN4/c51-36-22-26-38(27-23-36)55-46-17-9-6-13-40(46)43-31-35(21-29-48(43)55)34-20-28-47-42(30-34)39-12-5-8-16-45(39)54(47)37-24-18-33(19-25-37)50-52-44-15-7-4-14-41(44)49(53-50)32-10-2-1-3-11-32/h1-31H. The van der Waals surface area contributed by atoms with E-state index in [0.717, 1.165) is 83.1 Å². The monoisotopic (exact) mass is 706 g/mol. The van der Waals surface area contributed by atoms with Crippen LogP contribution in [0.5, 0.6) is 0 Å². The molecule has 3 heterocycles. The second-order valence-corrected chi connectivity index (χ2v) is 14.0. The van der Waals surface area contributed by atoms with E-state index >= 15 is 0 Å². The highest BCUT2D eigenvalue weighted by Gasteiger charge is 2.17. The van der Waals surface area contributed by atoms with E-state index in [1.54, 1.807) is 0 Å². The molecule has 0 radical (unpaired) electrons. The highest BCUT2D eigenvalue weighted by atomic mass is 19.1. The first-order valence-electron chi connectivity index (χ1n) is 18.4. The highest BCUT2D eigenvalue weighted by Crippen LogP contribution is 2.39. The van der Waals surface area contributed by atoms with Crippen LogP contribution < -0.4 is 0 Å². The third-order valence-electron chi connectivity index (χ3n) is 10.8. The number of para-hydroxylation sites is 3. The fourth-order valence-corrected chi connectivity index (χ4v) is 8.23. The summed E-state index contributed by atoms with van der Waals surface area (Å²) in [6.45, 7) is 0. The van der Waals surface area contributed by atoms with Crippen molar-refractivity contribution in [3.05, 3.63) is 194 Å². The lowest BCUT2D eigenvalue weighted by Gasteiger charge is -2.11. The molecule has 258 valence electrons. The molecule has 0 saturated carbocycles. The molecule has 3 aromatic heterocycles. The van der Waals surface area contributed by atoms with Crippen LogP contribution in [0.1, 0.15) is 0 Å². The first kappa shape index (κ1) is 31.2. The van der Waals surface area contributed by atoms with Gasteiger partial charge >= 0.3 is 0 Å². The summed E-state index contributed by atoms with van der Waals surface area (Å²) in [4.78, 5) is 10.1. The fraction of sp³-hybridized carbons (Fsp3) is 0. The van der Waals surface area contributed by atoms with Gasteiger partial charge in [-0.05, 0) is 102 Å². The largest absolute Gasteiger partial charge is 0.309 e. The van der Waals surface area contributed by atoms with Crippen molar-refractivity contribution >= 4 is 54.5 Å². The Morgan fingerprint density at radius 2 is 0.818 bits per heavy atom. The smallest absolute Gasteiger partial charge is 0.160 e. The van der Waals surface area contributed by atoms with Gasteiger partial charge in [0.1, 0.15) is 5.82 Å². The fourth-order valence-electron chi connectivity index (χ4n) is 8.23. The Kier molecular flexibility index (Phi) is 7.01. The van der Waals surface area contributed by atoms with Crippen molar-refractivity contribution < 1.29 is 4.39 Å². The molecule has 8 aromatic carbocycles. The minimum absolute atomic E-state index is 0.242. The van der Waals surface area contributed by atoms with E-state index in [-0.39, 0.29) is 5.82 Å². The summed E-state index contributed by atoms with van der Waals surface area (Å²) in [5.41, 5.74) is 12.6. The molecule has 5 heteroatoms. The SMILES string of the molecule is Fc1ccc(-n2c3ccccc3c3cc(-c4ccc5c(c4)c4ccccc4n5-c4ccc(-c5nc(-c6ccccc6)c6ccccc6n5)cc4)ccc32)cc1. The minimum atomic E-state index is -0.242. The molecule has 0 saturated heterocycles. The number of hydrogen-bond donors (Lipinski definition) is 0. The maximum absolute atomic E-state index is 13.9. The summed E-state index contributed by atoms with van der Waals surface area (Å²) < 4.78 is 18.4. The zero-order valence-corrected chi connectivity index (χ0v) is 29.6. The normalized spacial score (nSPS) is 11.7. The molecular weight excluding hydrogens is 676 g/mol. The number of hydrogen-bond acceptors (Lipinski definition) is 2. The molecule has 0 bridgehead atoms. The van der Waals surface area contributed by atoms with Crippen molar-refractivity contribution in [1.82, 2.24) is 19.1 Å². The summed E-state index contributed by atoms with van der Waals surface area (Å²) in [5.74, 6) is 0.461. The lowest BCUT2D eigenvalue weighted by Crippen LogP contribution is -1.97. The van der Waals surface area contributed by atoms with Gasteiger partial charge in [0.25, 0.3) is 0 Å². The average molecular weight is 707 g/mol. The number of halogens is 1. The number of aromatic nitrogens is 4. The molecule has 0 spiro atoms. The van der Waals surface area contributed by atoms with Crippen LogP contribution in [-0.4, -0.2) is 19.1 Å². The van der Waals surface area contributed by atoms with Crippen LogP contribution in [0.15, 0.2) is 188 Å². The van der Waals surface area contributed by atoms with Gasteiger partial charge in [-0.3, -0.25) is 0 Å². The predicted molar refractivity (Wildman–Crippen MR) is 224 cm³/mol. The van der Waals surface area contributed by atoms with Crippen molar-refractivity contribution in [3.8, 4) is 45.1 Å². The third kappa shape index (κ3) is 5.05. The Labute approximate surface area is 316 Å². The van der Waals surface area contributed by atoms with Crippen LogP contribution in [0.25, 0.3) is 99.7 Å². The second-order valence-electron chi connectivity index (χ2n) is 14.0. The van der Waals surface area contributed by atoms with Gasteiger partial charge in [-0.2, -0.15) is 0 Å². The van der Waals surface area contributed by atoms with Gasteiger partial charge in [-0.25, -0.2) is 14.4 Å². The van der Waals surface area contributed by atoms with Gasteiger partial charge in [-0.15, -0.1) is 0 Å². The van der Waals surface area contributed by atoms with E-state index in [1.165, 1.54) is 22.9 Å². The van der Waals surface area contributed by atoms with Crippen LogP contribution in [0.3, 0.4) is 0 Å². The number of fused-ring (bicyclic) bond motifs is 7. The predicted octanol–water partition coefficient (Wildman–Crippen LogP) is 13.0. The lowest BCUT2D eigenvalue weighted by atomic mass is 10.0. The molecule has 4 nitrogen and oxygen atoms in total. The van der Waals surface area contributed by atoms with Crippen LogP contribution in [-0.2, 0) is 0 Å². The number of benzene rings is 8. The number of rotatable bonds is 5. The van der Waals surface area contributed by atoms with E-state index < -0.39 is 0 Å². The van der Waals surface area contributed by atoms with E-state index in [4.69, 9.17) is 9.97 Å². The summed E-state index contributed by atoms with van der Waals surface area (Å²) in [6.07, 6.45) is 0. The second kappa shape index (κ2) is 12.4. The van der Waals surface area contributed by atoms with Crippen molar-refractivity contribution in [1.29, 1.82) is 0 Å². The van der Waals surface area contributed by atoms with Crippen molar-refractivity contribution in [2.45, 2.75) is 0 Å². The van der Waals surface area contributed by atoms with Gasteiger partial charge in [0.15, 0.2) is 5.82 Å². The van der Waals surface area contributed by atoms with Gasteiger partial charge in [0, 0.05) is 49.4 Å². The lowest BCUT2D eigenvalue weighted by molar-refractivity contribution is 0.627. The molecule has 0 unspecified atom stereocenters. The molecule has 0 aliphatic rings. The first-order valence-corrected chi connectivity index (χ1v) is 18.4. The molecule has 0 aliphatic carbocycles. The molecule has 55 heavy (non-hydrogen) atoms. The summed E-state index contributed by atoms with van der Waals surface area (Å²) in [5, 5.41) is 5.75. The van der Waals surface area contributed by atoms with Gasteiger partial charge < -0.3 is 9.13 Å². The molecule has 0 fully saturated rings. The van der Waals surface area contributed by atoms with Crippen LogP contribution in [0.2, 0.25) is 0 Å². The maximum atomic E-state index is 13.9. The van der Waals surface area contributed by atoms with E-state index in [9.17, 15) is 4.39 Å². The Bertz CT molecular complexity index is 3250.